The Hall–Kier alpha value is -3.29. The fourth-order valence-electron chi connectivity index (χ4n) is 3.16. The molecule has 0 bridgehead atoms. The topological polar surface area (TPSA) is 118 Å². The molecule has 0 spiro atoms. The van der Waals surface area contributed by atoms with E-state index in [1.165, 1.54) is 36.4 Å². The Morgan fingerprint density at radius 3 is 1.57 bits per heavy atom. The maximum Gasteiger partial charge on any atom is 0.343 e. The van der Waals surface area contributed by atoms with Crippen LogP contribution in [-0.2, 0) is 17.6 Å². The van der Waals surface area contributed by atoms with Crippen molar-refractivity contribution in [1.29, 1.82) is 0 Å². The third kappa shape index (κ3) is 3.53. The first kappa shape index (κ1) is 20.0. The van der Waals surface area contributed by atoms with Crippen LogP contribution >= 0.6 is 23.2 Å². The van der Waals surface area contributed by atoms with Gasteiger partial charge in [0.1, 0.15) is 28.4 Å². The van der Waals surface area contributed by atoms with Gasteiger partial charge in [-0.2, -0.15) is 0 Å². The number of ketones is 1. The van der Waals surface area contributed by atoms with Crippen LogP contribution in [0.1, 0.15) is 11.1 Å². The van der Waals surface area contributed by atoms with E-state index in [4.69, 9.17) is 32.0 Å². The zero-order valence-corrected chi connectivity index (χ0v) is 16.6. The van der Waals surface area contributed by atoms with E-state index in [1.54, 1.807) is 0 Å². The van der Waals surface area contributed by atoms with Crippen LogP contribution in [0.15, 0.2) is 54.8 Å². The summed E-state index contributed by atoms with van der Waals surface area (Å²) in [4.78, 5) is 37.0. The number of rotatable bonds is 4. The average Bonchev–Trinajstić information content (AvgIpc) is 2.70. The summed E-state index contributed by atoms with van der Waals surface area (Å²) in [5.41, 5.74) is -2.11. The van der Waals surface area contributed by atoms with Gasteiger partial charge in [0.2, 0.25) is 0 Å². The molecule has 2 heterocycles. The number of benzene rings is 2. The molecule has 0 fully saturated rings. The molecule has 0 saturated carbocycles. The molecule has 7 nitrogen and oxygen atoms in total. The number of Topliss-reactive ketones (excluding diaryl/α,β-unsaturated/α-hetero) is 1. The van der Waals surface area contributed by atoms with Gasteiger partial charge in [0.25, 0.3) is 0 Å². The first-order valence-corrected chi connectivity index (χ1v) is 9.40. The van der Waals surface area contributed by atoms with Gasteiger partial charge in [0.05, 0.1) is 21.9 Å². The molecule has 0 radical (unpaired) electrons. The summed E-state index contributed by atoms with van der Waals surface area (Å²) in [6.07, 6.45) is -1.05. The lowest BCUT2D eigenvalue weighted by molar-refractivity contribution is -0.117. The number of carbonyl (C=O) groups excluding carboxylic acids is 1. The maximum absolute atomic E-state index is 12.6. The Bertz CT molecular complexity index is 1340. The van der Waals surface area contributed by atoms with Gasteiger partial charge < -0.3 is 19.0 Å². The average molecular weight is 447 g/mol. The Labute approximate surface area is 177 Å². The minimum Gasteiger partial charge on any atom is -0.507 e. The van der Waals surface area contributed by atoms with Gasteiger partial charge in [-0.25, -0.2) is 9.59 Å². The standard InChI is InChI=1S/C21H12Cl2O7/c22-9-1-3-16-12(5-9)18(25)14(20(27)29-16)7-11(24)8-15-19(26)13-6-10(23)2-4-17(13)30-21(15)28/h1-6,25-26H,7-8H2. The van der Waals surface area contributed by atoms with Gasteiger partial charge in [-0.05, 0) is 36.4 Å². The van der Waals surface area contributed by atoms with Crippen molar-refractivity contribution >= 4 is 50.9 Å². The van der Waals surface area contributed by atoms with Crippen molar-refractivity contribution in [3.63, 3.8) is 0 Å². The first-order valence-electron chi connectivity index (χ1n) is 8.64. The van der Waals surface area contributed by atoms with E-state index in [9.17, 15) is 24.6 Å². The lowest BCUT2D eigenvalue weighted by atomic mass is 10.0. The van der Waals surface area contributed by atoms with Crippen molar-refractivity contribution < 1.29 is 23.8 Å². The van der Waals surface area contributed by atoms with E-state index in [0.29, 0.717) is 10.0 Å². The van der Waals surface area contributed by atoms with Crippen molar-refractivity contribution in [1.82, 2.24) is 0 Å². The van der Waals surface area contributed by atoms with Crippen molar-refractivity contribution in [2.75, 3.05) is 0 Å². The molecule has 0 saturated heterocycles. The maximum atomic E-state index is 12.6. The highest BCUT2D eigenvalue weighted by Crippen LogP contribution is 2.31. The SMILES string of the molecule is O=C(Cc1c(O)c2cc(Cl)ccc2oc1=O)Cc1c(O)c2cc(Cl)ccc2oc1=O. The highest BCUT2D eigenvalue weighted by molar-refractivity contribution is 6.31. The highest BCUT2D eigenvalue weighted by Gasteiger charge is 2.21. The van der Waals surface area contributed by atoms with Crippen LogP contribution in [0, 0.1) is 0 Å². The summed E-state index contributed by atoms with van der Waals surface area (Å²) >= 11 is 11.8. The van der Waals surface area contributed by atoms with Gasteiger partial charge in [-0.15, -0.1) is 0 Å². The molecular formula is C21H12Cl2O7. The largest absolute Gasteiger partial charge is 0.507 e. The predicted octanol–water partition coefficient (Wildman–Crippen LogP) is 3.97. The first-order chi connectivity index (χ1) is 14.2. The minimum absolute atomic E-state index is 0.114. The smallest absolute Gasteiger partial charge is 0.343 e. The van der Waals surface area contributed by atoms with Crippen molar-refractivity contribution in [3.05, 3.63) is 78.4 Å². The van der Waals surface area contributed by atoms with Gasteiger partial charge in [-0.3, -0.25) is 4.79 Å². The Kier molecular flexibility index (Phi) is 5.01. The molecule has 2 aromatic carbocycles. The minimum atomic E-state index is -0.891. The fraction of sp³-hybridized carbons (Fsp3) is 0.0952. The number of hydrogen-bond acceptors (Lipinski definition) is 7. The summed E-state index contributed by atoms with van der Waals surface area (Å²) in [5.74, 6) is -1.49. The predicted molar refractivity (Wildman–Crippen MR) is 111 cm³/mol. The quantitative estimate of drug-likeness (QED) is 0.455. The molecule has 0 unspecified atom stereocenters. The van der Waals surface area contributed by atoms with E-state index in [0.717, 1.165) is 0 Å². The Balaban J connectivity index is 1.71. The summed E-state index contributed by atoms with van der Waals surface area (Å²) in [7, 11) is 0. The molecule has 0 aliphatic heterocycles. The molecule has 4 aromatic rings. The fourth-order valence-corrected chi connectivity index (χ4v) is 3.51. The third-order valence-electron chi connectivity index (χ3n) is 4.61. The molecule has 0 amide bonds. The summed E-state index contributed by atoms with van der Waals surface area (Å²) < 4.78 is 10.3. The van der Waals surface area contributed by atoms with E-state index < -0.39 is 41.4 Å². The molecule has 30 heavy (non-hydrogen) atoms. The number of carbonyl (C=O) groups is 1. The summed E-state index contributed by atoms with van der Waals surface area (Å²) in [6, 6.07) is 8.63. The van der Waals surface area contributed by atoms with E-state index >= 15 is 0 Å². The molecule has 9 heteroatoms. The number of halogens is 2. The van der Waals surface area contributed by atoms with Crippen LogP contribution < -0.4 is 11.3 Å². The monoisotopic (exact) mass is 446 g/mol. The summed E-state index contributed by atoms with van der Waals surface area (Å²) in [6.45, 7) is 0. The van der Waals surface area contributed by atoms with Crippen LogP contribution in [0.2, 0.25) is 10.0 Å². The lowest BCUT2D eigenvalue weighted by Crippen LogP contribution is -2.18. The molecule has 0 aliphatic carbocycles. The highest BCUT2D eigenvalue weighted by atomic mass is 35.5. The van der Waals surface area contributed by atoms with Gasteiger partial charge >= 0.3 is 11.3 Å². The molecular weight excluding hydrogens is 435 g/mol. The van der Waals surface area contributed by atoms with Gasteiger partial charge in [0.15, 0.2) is 0 Å². The van der Waals surface area contributed by atoms with Crippen molar-refractivity contribution in [2.24, 2.45) is 0 Å². The van der Waals surface area contributed by atoms with Crippen LogP contribution in [0.4, 0.5) is 0 Å². The van der Waals surface area contributed by atoms with E-state index in [2.05, 4.69) is 0 Å². The molecule has 152 valence electrons. The third-order valence-corrected chi connectivity index (χ3v) is 5.08. The number of aromatic hydroxyl groups is 2. The molecule has 4 rings (SSSR count). The van der Waals surface area contributed by atoms with Crippen LogP contribution in [0.25, 0.3) is 21.9 Å². The molecule has 0 atom stereocenters. The molecule has 0 aliphatic rings. The van der Waals surface area contributed by atoms with Gasteiger partial charge in [0, 0.05) is 22.9 Å². The normalized spacial score (nSPS) is 11.3. The number of hydrogen-bond donors (Lipinski definition) is 2. The second-order valence-corrected chi connectivity index (χ2v) is 7.48. The zero-order chi connectivity index (χ0) is 21.6. The molecule has 2 N–H and O–H groups in total. The Morgan fingerprint density at radius 2 is 1.17 bits per heavy atom. The van der Waals surface area contributed by atoms with Crippen LogP contribution in [0.5, 0.6) is 11.5 Å². The lowest BCUT2D eigenvalue weighted by Gasteiger charge is -2.08. The van der Waals surface area contributed by atoms with Gasteiger partial charge in [-0.1, -0.05) is 23.2 Å². The van der Waals surface area contributed by atoms with Crippen molar-refractivity contribution in [2.45, 2.75) is 12.8 Å². The molecule has 2 aromatic heterocycles. The second kappa shape index (κ2) is 7.51. The van der Waals surface area contributed by atoms with Crippen LogP contribution in [0.3, 0.4) is 0 Å². The van der Waals surface area contributed by atoms with E-state index in [-0.39, 0.29) is 33.1 Å². The van der Waals surface area contributed by atoms with Crippen LogP contribution in [-0.4, -0.2) is 16.0 Å². The Morgan fingerprint density at radius 1 is 0.767 bits per heavy atom. The number of fused-ring (bicyclic) bond motifs is 2. The summed E-state index contributed by atoms with van der Waals surface area (Å²) in [5, 5.41) is 21.8. The zero-order valence-electron chi connectivity index (χ0n) is 15.1. The van der Waals surface area contributed by atoms with E-state index in [1.807, 2.05) is 0 Å². The second-order valence-electron chi connectivity index (χ2n) is 6.61. The van der Waals surface area contributed by atoms with Crippen molar-refractivity contribution in [3.8, 4) is 11.5 Å².